The molecule has 5 rings (SSSR count). The van der Waals surface area contributed by atoms with Crippen LogP contribution in [0.3, 0.4) is 0 Å². The van der Waals surface area contributed by atoms with Gasteiger partial charge in [0.1, 0.15) is 23.9 Å². The molecule has 6 heteroatoms. The van der Waals surface area contributed by atoms with Crippen molar-refractivity contribution in [1.29, 1.82) is 0 Å². The first-order chi connectivity index (χ1) is 16.8. The fraction of sp³-hybridized carbons (Fsp3) is 0.179. The molecule has 4 aromatic rings. The summed E-state index contributed by atoms with van der Waals surface area (Å²) in [5.41, 5.74) is 1.43. The quantitative estimate of drug-likeness (QED) is 0.350. The second-order valence-corrected chi connectivity index (χ2v) is 8.13. The maximum atomic E-state index is 13.0. The van der Waals surface area contributed by atoms with Crippen LogP contribution in [0.25, 0.3) is 11.4 Å². The van der Waals surface area contributed by atoms with Gasteiger partial charge in [0.15, 0.2) is 0 Å². The third-order valence-corrected chi connectivity index (χ3v) is 5.80. The van der Waals surface area contributed by atoms with E-state index in [9.17, 15) is 4.79 Å². The highest BCUT2D eigenvalue weighted by atomic mass is 16.5. The zero-order valence-electron chi connectivity index (χ0n) is 18.9. The van der Waals surface area contributed by atoms with Crippen molar-refractivity contribution in [2.24, 2.45) is 0 Å². The van der Waals surface area contributed by atoms with Gasteiger partial charge in [0.25, 0.3) is 0 Å². The van der Waals surface area contributed by atoms with Gasteiger partial charge in [0, 0.05) is 32.0 Å². The lowest BCUT2D eigenvalue weighted by Gasteiger charge is -2.22. The Kier molecular flexibility index (Phi) is 6.59. The van der Waals surface area contributed by atoms with E-state index in [1.54, 1.807) is 21.5 Å². The average molecular weight is 454 g/mol. The molecular weight excluding hydrogens is 426 g/mol. The summed E-state index contributed by atoms with van der Waals surface area (Å²) >= 11 is 0. The van der Waals surface area contributed by atoms with Gasteiger partial charge in [-0.3, -0.25) is 14.0 Å². The summed E-state index contributed by atoms with van der Waals surface area (Å²) in [7, 11) is 0. The largest absolute Gasteiger partial charge is 0.492 e. The summed E-state index contributed by atoms with van der Waals surface area (Å²) in [6.45, 7) is 3.63. The molecule has 34 heavy (non-hydrogen) atoms. The Morgan fingerprint density at radius 2 is 1.32 bits per heavy atom. The first kappa shape index (κ1) is 21.8. The zero-order chi connectivity index (χ0) is 23.2. The number of ether oxygens (including phenoxy) is 2. The van der Waals surface area contributed by atoms with E-state index in [4.69, 9.17) is 9.47 Å². The molecule has 0 fully saturated rings. The van der Waals surface area contributed by atoms with Crippen molar-refractivity contribution in [3.05, 3.63) is 114 Å². The lowest BCUT2D eigenvalue weighted by Crippen LogP contribution is -2.31. The molecule has 3 aromatic carbocycles. The Morgan fingerprint density at radius 1 is 0.706 bits per heavy atom. The summed E-state index contributed by atoms with van der Waals surface area (Å²) < 4.78 is 15.0. The second-order valence-electron chi connectivity index (χ2n) is 8.13. The summed E-state index contributed by atoms with van der Waals surface area (Å²) in [5.74, 6) is 2.29. The van der Waals surface area contributed by atoms with Crippen LogP contribution in [0.5, 0.6) is 17.2 Å². The normalized spacial score (nSPS) is 13.6. The molecule has 1 aromatic heterocycles. The minimum Gasteiger partial charge on any atom is -0.492 e. The molecule has 0 saturated heterocycles. The number of benzene rings is 3. The zero-order valence-corrected chi connectivity index (χ0v) is 18.9. The maximum Gasteiger partial charge on any atom is 0.337 e. The van der Waals surface area contributed by atoms with E-state index in [0.29, 0.717) is 6.61 Å². The Bertz CT molecular complexity index is 1290. The van der Waals surface area contributed by atoms with Crippen LogP contribution in [0.1, 0.15) is 6.42 Å². The highest BCUT2D eigenvalue weighted by Gasteiger charge is 2.09. The lowest BCUT2D eigenvalue weighted by atomic mass is 10.2. The van der Waals surface area contributed by atoms with E-state index < -0.39 is 0 Å². The van der Waals surface area contributed by atoms with Crippen molar-refractivity contribution < 1.29 is 9.47 Å². The molecule has 172 valence electrons. The predicted octanol–water partition coefficient (Wildman–Crippen LogP) is 5.06. The predicted molar refractivity (Wildman–Crippen MR) is 134 cm³/mol. The number of hydrogen-bond acceptors (Lipinski definition) is 4. The van der Waals surface area contributed by atoms with Crippen molar-refractivity contribution in [3.63, 3.8) is 0 Å². The molecular formula is C28H27N3O3. The summed E-state index contributed by atoms with van der Waals surface area (Å²) in [5, 5.41) is 0. The maximum absolute atomic E-state index is 13.0. The number of hydrogen-bond donors (Lipinski definition) is 0. The third-order valence-electron chi connectivity index (χ3n) is 5.80. The fourth-order valence-electron chi connectivity index (χ4n) is 3.96. The molecule has 2 heterocycles. The van der Waals surface area contributed by atoms with Crippen LogP contribution in [-0.4, -0.2) is 40.3 Å². The van der Waals surface area contributed by atoms with Crippen LogP contribution in [-0.2, 0) is 0 Å². The minimum atomic E-state index is -0.136. The topological polar surface area (TPSA) is 48.6 Å². The molecule has 0 aliphatic carbocycles. The van der Waals surface area contributed by atoms with E-state index in [1.165, 1.54) is 0 Å². The molecule has 0 bridgehead atoms. The van der Waals surface area contributed by atoms with E-state index >= 15 is 0 Å². The fourth-order valence-corrected chi connectivity index (χ4v) is 3.96. The number of para-hydroxylation sites is 1. The smallest absolute Gasteiger partial charge is 0.337 e. The summed E-state index contributed by atoms with van der Waals surface area (Å²) in [6, 6.07) is 24.7. The third kappa shape index (κ3) is 5.13. The Labute approximate surface area is 198 Å². The van der Waals surface area contributed by atoms with Crippen LogP contribution in [0.2, 0.25) is 0 Å². The number of nitrogens with zero attached hydrogens (tertiary/aromatic N) is 3. The number of imidazole rings is 1. The van der Waals surface area contributed by atoms with Gasteiger partial charge in [0.2, 0.25) is 0 Å². The molecule has 0 unspecified atom stereocenters. The summed E-state index contributed by atoms with van der Waals surface area (Å²) in [6.07, 6.45) is 9.08. The standard InChI is InChI=1S/C28H27N3O3/c32-28-30(23-9-13-25(14-10-23)33-22-21-29-17-5-2-6-18-29)19-20-31(28)24-11-15-27(16-12-24)34-26-7-3-1-4-8-26/h1-5,7-16,19-20H,6,17-18,21-22H2. The molecule has 0 saturated carbocycles. The molecule has 6 nitrogen and oxygen atoms in total. The molecule has 1 aliphatic heterocycles. The second kappa shape index (κ2) is 10.3. The van der Waals surface area contributed by atoms with Crippen LogP contribution in [0.4, 0.5) is 0 Å². The Balaban J connectivity index is 1.23. The average Bonchev–Trinajstić information content (AvgIpc) is 3.27. The van der Waals surface area contributed by atoms with Gasteiger partial charge < -0.3 is 9.47 Å². The van der Waals surface area contributed by atoms with E-state index in [-0.39, 0.29) is 5.69 Å². The number of aromatic nitrogens is 2. The van der Waals surface area contributed by atoms with E-state index in [1.807, 2.05) is 78.9 Å². The van der Waals surface area contributed by atoms with Crippen molar-refractivity contribution in [2.45, 2.75) is 6.42 Å². The van der Waals surface area contributed by atoms with Crippen molar-refractivity contribution >= 4 is 0 Å². The molecule has 1 aliphatic rings. The van der Waals surface area contributed by atoms with Gasteiger partial charge in [-0.2, -0.15) is 0 Å². The van der Waals surface area contributed by atoms with E-state index in [0.717, 1.165) is 54.7 Å². The first-order valence-electron chi connectivity index (χ1n) is 11.5. The van der Waals surface area contributed by atoms with E-state index in [2.05, 4.69) is 17.1 Å². The van der Waals surface area contributed by atoms with Crippen LogP contribution in [0.15, 0.2) is 108 Å². The first-order valence-corrected chi connectivity index (χ1v) is 11.5. The monoisotopic (exact) mass is 453 g/mol. The van der Waals surface area contributed by atoms with Gasteiger partial charge in [-0.15, -0.1) is 0 Å². The van der Waals surface area contributed by atoms with Crippen molar-refractivity contribution in [1.82, 2.24) is 14.0 Å². The van der Waals surface area contributed by atoms with Crippen LogP contribution >= 0.6 is 0 Å². The number of rotatable bonds is 8. The molecule has 0 atom stereocenters. The minimum absolute atomic E-state index is 0.136. The highest BCUT2D eigenvalue weighted by Crippen LogP contribution is 2.22. The SMILES string of the molecule is O=c1n(-c2ccc(OCCN3CC=CCC3)cc2)ccn1-c1ccc(Oc2ccccc2)cc1. The van der Waals surface area contributed by atoms with Gasteiger partial charge in [0.05, 0.1) is 11.4 Å². The van der Waals surface area contributed by atoms with Gasteiger partial charge in [-0.1, -0.05) is 30.4 Å². The molecule has 0 spiro atoms. The van der Waals surface area contributed by atoms with Gasteiger partial charge in [-0.05, 0) is 67.1 Å². The lowest BCUT2D eigenvalue weighted by molar-refractivity contribution is 0.221. The Morgan fingerprint density at radius 3 is 1.94 bits per heavy atom. The molecule has 0 amide bonds. The van der Waals surface area contributed by atoms with Gasteiger partial charge in [-0.25, -0.2) is 4.79 Å². The van der Waals surface area contributed by atoms with Crippen molar-refractivity contribution in [3.8, 4) is 28.6 Å². The van der Waals surface area contributed by atoms with Gasteiger partial charge >= 0.3 is 5.69 Å². The molecule has 0 radical (unpaired) electrons. The molecule has 0 N–H and O–H groups in total. The van der Waals surface area contributed by atoms with Crippen molar-refractivity contribution in [2.75, 3.05) is 26.2 Å². The van der Waals surface area contributed by atoms with Crippen LogP contribution < -0.4 is 15.2 Å². The Hall–Kier alpha value is -4.03. The summed E-state index contributed by atoms with van der Waals surface area (Å²) in [4.78, 5) is 15.4. The van der Waals surface area contributed by atoms with Crippen LogP contribution in [0, 0.1) is 0 Å². The highest BCUT2D eigenvalue weighted by molar-refractivity contribution is 5.41.